The number of aromatic carboxylic acids is 1. The Morgan fingerprint density at radius 2 is 2.05 bits per heavy atom. The zero-order chi connectivity index (χ0) is 15.3. The van der Waals surface area contributed by atoms with Crippen LogP contribution in [0.1, 0.15) is 23.8 Å². The molecule has 0 bridgehead atoms. The van der Waals surface area contributed by atoms with Gasteiger partial charge >= 0.3 is 5.97 Å². The Kier molecular flexibility index (Phi) is 5.28. The molecule has 1 rings (SSSR count). The maximum atomic E-state index is 12.0. The van der Waals surface area contributed by atoms with E-state index in [-0.39, 0.29) is 29.5 Å². The number of aryl methyl sites for hydroxylation is 1. The smallest absolute Gasteiger partial charge is 0.352 e. The number of hydrogen-bond donors (Lipinski definition) is 3. The van der Waals surface area contributed by atoms with Crippen molar-refractivity contribution in [1.82, 2.24) is 14.6 Å². The van der Waals surface area contributed by atoms with E-state index in [9.17, 15) is 18.0 Å². The second-order valence-corrected chi connectivity index (χ2v) is 5.74. The lowest BCUT2D eigenvalue weighted by atomic mass is 10.4. The van der Waals surface area contributed by atoms with Crippen LogP contribution in [0.5, 0.6) is 0 Å². The van der Waals surface area contributed by atoms with Crippen molar-refractivity contribution in [3.8, 4) is 0 Å². The number of carbonyl (C=O) groups excluding carboxylic acids is 1. The van der Waals surface area contributed by atoms with Crippen LogP contribution in [0.4, 0.5) is 0 Å². The second kappa shape index (κ2) is 6.53. The van der Waals surface area contributed by atoms with Gasteiger partial charge in [0.05, 0.1) is 0 Å². The van der Waals surface area contributed by atoms with Gasteiger partial charge in [-0.15, -0.1) is 0 Å². The minimum absolute atomic E-state index is 0.00992. The quantitative estimate of drug-likeness (QED) is 0.634. The molecule has 1 aromatic heterocycles. The minimum Gasteiger partial charge on any atom is -0.477 e. The van der Waals surface area contributed by atoms with Gasteiger partial charge in [-0.05, 0) is 13.0 Å². The molecule has 9 heteroatoms. The molecule has 0 aliphatic carbocycles. The highest BCUT2D eigenvalue weighted by Gasteiger charge is 2.20. The van der Waals surface area contributed by atoms with E-state index in [4.69, 9.17) is 5.11 Å². The van der Waals surface area contributed by atoms with Crippen molar-refractivity contribution in [1.29, 1.82) is 0 Å². The summed E-state index contributed by atoms with van der Waals surface area (Å²) in [7, 11) is -2.37. The van der Waals surface area contributed by atoms with Crippen molar-refractivity contribution >= 4 is 21.9 Å². The molecular weight excluding hydrogens is 286 g/mol. The first-order valence-electron chi connectivity index (χ1n) is 5.95. The van der Waals surface area contributed by atoms with Gasteiger partial charge in [0.1, 0.15) is 10.6 Å². The van der Waals surface area contributed by atoms with E-state index in [1.807, 2.05) is 0 Å². The Morgan fingerprint density at radius 3 is 2.50 bits per heavy atom. The van der Waals surface area contributed by atoms with Crippen molar-refractivity contribution in [3.05, 3.63) is 18.0 Å². The fourth-order valence-electron chi connectivity index (χ4n) is 1.58. The zero-order valence-corrected chi connectivity index (χ0v) is 12.0. The van der Waals surface area contributed by atoms with Gasteiger partial charge in [0, 0.05) is 32.8 Å². The van der Waals surface area contributed by atoms with Crippen molar-refractivity contribution < 1.29 is 23.1 Å². The Balaban J connectivity index is 2.87. The number of nitrogens with zero attached hydrogens (tertiary/aromatic N) is 1. The molecule has 8 nitrogen and oxygen atoms in total. The van der Waals surface area contributed by atoms with Gasteiger partial charge in [0.25, 0.3) is 0 Å². The number of amides is 1. The van der Waals surface area contributed by atoms with Crippen molar-refractivity contribution in [2.75, 3.05) is 13.6 Å². The topological polar surface area (TPSA) is 118 Å². The first kappa shape index (κ1) is 16.2. The number of aromatic nitrogens is 1. The molecule has 112 valence electrons. The molecule has 1 amide bonds. The van der Waals surface area contributed by atoms with E-state index in [1.165, 1.54) is 17.8 Å². The molecule has 1 heterocycles. The molecule has 0 unspecified atom stereocenters. The molecule has 0 aliphatic rings. The van der Waals surface area contributed by atoms with Crippen LogP contribution in [-0.4, -0.2) is 43.6 Å². The van der Waals surface area contributed by atoms with Crippen LogP contribution in [0, 0.1) is 0 Å². The highest BCUT2D eigenvalue weighted by molar-refractivity contribution is 7.89. The highest BCUT2D eigenvalue weighted by atomic mass is 32.2. The van der Waals surface area contributed by atoms with Crippen molar-refractivity contribution in [2.24, 2.45) is 0 Å². The summed E-state index contributed by atoms with van der Waals surface area (Å²) >= 11 is 0. The second-order valence-electron chi connectivity index (χ2n) is 3.97. The lowest BCUT2D eigenvalue weighted by Crippen LogP contribution is -2.29. The summed E-state index contributed by atoms with van der Waals surface area (Å²) in [5.41, 5.74) is -0.0980. The fourth-order valence-corrected chi connectivity index (χ4v) is 2.65. The van der Waals surface area contributed by atoms with Gasteiger partial charge < -0.3 is 15.0 Å². The number of nitrogens with one attached hydrogen (secondary N) is 2. The summed E-state index contributed by atoms with van der Waals surface area (Å²) < 4.78 is 27.5. The van der Waals surface area contributed by atoms with Gasteiger partial charge in [0.15, 0.2) is 0 Å². The van der Waals surface area contributed by atoms with Gasteiger partial charge in [-0.1, -0.05) is 0 Å². The molecule has 0 saturated heterocycles. The first-order chi connectivity index (χ1) is 9.31. The largest absolute Gasteiger partial charge is 0.477 e. The number of carboxylic acids is 1. The maximum Gasteiger partial charge on any atom is 0.352 e. The summed E-state index contributed by atoms with van der Waals surface area (Å²) in [4.78, 5) is 21.8. The number of rotatable bonds is 7. The lowest BCUT2D eigenvalue weighted by molar-refractivity contribution is -0.120. The summed E-state index contributed by atoms with van der Waals surface area (Å²) in [6.07, 6.45) is 1.27. The van der Waals surface area contributed by atoms with Crippen LogP contribution in [0.25, 0.3) is 0 Å². The highest BCUT2D eigenvalue weighted by Crippen LogP contribution is 2.14. The Hall–Kier alpha value is -1.87. The van der Waals surface area contributed by atoms with Gasteiger partial charge in [-0.25, -0.2) is 17.9 Å². The average molecular weight is 303 g/mol. The fraction of sp³-hybridized carbons (Fsp3) is 0.455. The van der Waals surface area contributed by atoms with Crippen LogP contribution in [-0.2, 0) is 21.4 Å². The van der Waals surface area contributed by atoms with Crippen LogP contribution >= 0.6 is 0 Å². The Morgan fingerprint density at radius 1 is 1.40 bits per heavy atom. The molecule has 0 fully saturated rings. The van der Waals surface area contributed by atoms with E-state index in [0.29, 0.717) is 6.54 Å². The summed E-state index contributed by atoms with van der Waals surface area (Å²) in [6, 6.07) is 1.09. The number of carboxylic acid groups (broad SMARTS) is 1. The van der Waals surface area contributed by atoms with Gasteiger partial charge in [-0.3, -0.25) is 4.79 Å². The van der Waals surface area contributed by atoms with Crippen molar-refractivity contribution in [2.45, 2.75) is 24.8 Å². The molecule has 3 N–H and O–H groups in total. The Labute approximate surface area is 116 Å². The monoisotopic (exact) mass is 303 g/mol. The molecular formula is C11H17N3O5S. The molecule has 0 saturated carbocycles. The summed E-state index contributed by atoms with van der Waals surface area (Å²) in [5.74, 6) is -1.48. The molecule has 0 spiro atoms. The molecule has 1 aromatic rings. The molecule has 0 radical (unpaired) electrons. The Bertz CT molecular complexity index is 606. The predicted octanol–water partition coefficient (Wildman–Crippen LogP) is -0.379. The van der Waals surface area contributed by atoms with E-state index in [0.717, 1.165) is 6.07 Å². The average Bonchev–Trinajstić information content (AvgIpc) is 2.83. The first-order valence-corrected chi connectivity index (χ1v) is 7.43. The third-order valence-corrected chi connectivity index (χ3v) is 4.09. The van der Waals surface area contributed by atoms with Crippen molar-refractivity contribution in [3.63, 3.8) is 0 Å². The summed E-state index contributed by atoms with van der Waals surface area (Å²) in [5, 5.41) is 11.3. The van der Waals surface area contributed by atoms with Gasteiger partial charge in [-0.2, -0.15) is 0 Å². The van der Waals surface area contributed by atoms with Crippen LogP contribution in [0.15, 0.2) is 17.2 Å². The standard InChI is InChI=1S/C11H17N3O5S/c1-3-14-7-8(6-9(14)11(16)17)20(18,19)13-5-4-10(15)12-2/h6-7,13H,3-5H2,1-2H3,(H,12,15)(H,16,17). The van der Waals surface area contributed by atoms with Gasteiger partial charge in [0.2, 0.25) is 15.9 Å². The van der Waals surface area contributed by atoms with Crippen LogP contribution < -0.4 is 10.0 Å². The molecule has 20 heavy (non-hydrogen) atoms. The SMILES string of the molecule is CCn1cc(S(=O)(=O)NCCC(=O)NC)cc1C(=O)O. The van der Waals surface area contributed by atoms with E-state index in [1.54, 1.807) is 6.92 Å². The number of hydrogen-bond acceptors (Lipinski definition) is 4. The summed E-state index contributed by atoms with van der Waals surface area (Å²) in [6.45, 7) is 2.00. The predicted molar refractivity (Wildman–Crippen MR) is 70.9 cm³/mol. The molecule has 0 atom stereocenters. The van der Waals surface area contributed by atoms with E-state index >= 15 is 0 Å². The molecule has 0 aliphatic heterocycles. The normalized spacial score (nSPS) is 11.3. The maximum absolute atomic E-state index is 12.0. The zero-order valence-electron chi connectivity index (χ0n) is 11.2. The third-order valence-electron chi connectivity index (χ3n) is 2.66. The molecule has 0 aromatic carbocycles. The van der Waals surface area contributed by atoms with E-state index in [2.05, 4.69) is 10.0 Å². The third kappa shape index (κ3) is 3.81. The lowest BCUT2D eigenvalue weighted by Gasteiger charge is -2.04. The van der Waals surface area contributed by atoms with Crippen LogP contribution in [0.2, 0.25) is 0 Å². The number of sulfonamides is 1. The van der Waals surface area contributed by atoms with E-state index < -0.39 is 16.0 Å². The van der Waals surface area contributed by atoms with Crippen LogP contribution in [0.3, 0.4) is 0 Å². The minimum atomic E-state index is -3.82. The number of carbonyl (C=O) groups is 2.